The Labute approximate surface area is 138 Å². The van der Waals surface area contributed by atoms with Gasteiger partial charge >= 0.3 is 0 Å². The van der Waals surface area contributed by atoms with Crippen molar-refractivity contribution < 1.29 is 20.4 Å². The van der Waals surface area contributed by atoms with Gasteiger partial charge in [-0.3, -0.25) is 0 Å². The average molecular weight is 322 g/mol. The van der Waals surface area contributed by atoms with Crippen LogP contribution < -0.4 is 0 Å². The molecule has 0 spiro atoms. The van der Waals surface area contributed by atoms with Crippen LogP contribution in [0, 0.1) is 28.6 Å². The first-order valence-corrected chi connectivity index (χ1v) is 9.20. The summed E-state index contributed by atoms with van der Waals surface area (Å²) in [7, 11) is 0. The van der Waals surface area contributed by atoms with E-state index in [1.807, 2.05) is 6.92 Å². The molecule has 0 radical (unpaired) electrons. The van der Waals surface area contributed by atoms with Crippen LogP contribution in [-0.4, -0.2) is 38.4 Å². The molecule has 4 rings (SSSR count). The van der Waals surface area contributed by atoms with Gasteiger partial charge in [-0.05, 0) is 49.9 Å². The van der Waals surface area contributed by atoms with Gasteiger partial charge in [-0.25, -0.2) is 0 Å². The highest BCUT2D eigenvalue weighted by molar-refractivity contribution is 5.27. The summed E-state index contributed by atoms with van der Waals surface area (Å²) in [6.45, 7) is 4.22. The number of hydrogen-bond donors (Lipinski definition) is 4. The molecule has 130 valence electrons. The summed E-state index contributed by atoms with van der Waals surface area (Å²) >= 11 is 0. The first kappa shape index (κ1) is 16.1. The third-order valence-corrected chi connectivity index (χ3v) is 8.29. The fourth-order valence-corrected chi connectivity index (χ4v) is 6.69. The molecular weight excluding hydrogens is 292 g/mol. The molecule has 4 aliphatic rings. The largest absolute Gasteiger partial charge is 0.393 e. The van der Waals surface area contributed by atoms with Crippen molar-refractivity contribution >= 4 is 0 Å². The predicted molar refractivity (Wildman–Crippen MR) is 86.3 cm³/mol. The van der Waals surface area contributed by atoms with E-state index in [0.29, 0.717) is 37.0 Å². The van der Waals surface area contributed by atoms with Crippen molar-refractivity contribution in [3.8, 4) is 0 Å². The number of rotatable bonds is 0. The zero-order chi connectivity index (χ0) is 16.6. The second kappa shape index (κ2) is 4.81. The van der Waals surface area contributed by atoms with Crippen LogP contribution in [0.2, 0.25) is 0 Å². The Morgan fingerprint density at radius 2 is 1.74 bits per heavy atom. The quantitative estimate of drug-likeness (QED) is 0.406. The Kier molecular flexibility index (Phi) is 3.36. The fraction of sp³-hybridized carbons (Fsp3) is 0.895. The van der Waals surface area contributed by atoms with Crippen molar-refractivity contribution in [2.24, 2.45) is 28.6 Å². The SMILES string of the molecule is C[C@]12C(=CC[C@@H]3[C@@H]1CC[C@@]1(C)[C@H]3CCC1(O)O)C[C@@H](O)C[C@@H]2O. The maximum absolute atomic E-state index is 10.8. The molecule has 4 heteroatoms. The summed E-state index contributed by atoms with van der Waals surface area (Å²) in [5.41, 5.74) is 0.556. The van der Waals surface area contributed by atoms with E-state index < -0.39 is 23.4 Å². The zero-order valence-electron chi connectivity index (χ0n) is 14.2. The number of fused-ring (bicyclic) bond motifs is 5. The summed E-state index contributed by atoms with van der Waals surface area (Å²) in [6, 6.07) is 0. The Balaban J connectivity index is 1.72. The molecule has 4 aliphatic carbocycles. The fourth-order valence-electron chi connectivity index (χ4n) is 6.69. The zero-order valence-corrected chi connectivity index (χ0v) is 14.2. The third-order valence-electron chi connectivity index (χ3n) is 8.29. The van der Waals surface area contributed by atoms with E-state index >= 15 is 0 Å². The Hall–Kier alpha value is -0.420. The first-order chi connectivity index (χ1) is 10.7. The van der Waals surface area contributed by atoms with Gasteiger partial charge in [-0.15, -0.1) is 0 Å². The molecule has 0 heterocycles. The second-order valence-electron chi connectivity index (χ2n) is 9.05. The van der Waals surface area contributed by atoms with E-state index in [4.69, 9.17) is 0 Å². The van der Waals surface area contributed by atoms with Crippen molar-refractivity contribution in [2.45, 2.75) is 76.8 Å². The minimum Gasteiger partial charge on any atom is -0.393 e. The highest BCUT2D eigenvalue weighted by Gasteiger charge is 2.64. The topological polar surface area (TPSA) is 80.9 Å². The molecule has 3 fully saturated rings. The van der Waals surface area contributed by atoms with Crippen LogP contribution in [0.15, 0.2) is 11.6 Å². The maximum Gasteiger partial charge on any atom is 0.168 e. The monoisotopic (exact) mass is 322 g/mol. The van der Waals surface area contributed by atoms with Crippen molar-refractivity contribution in [3.63, 3.8) is 0 Å². The van der Waals surface area contributed by atoms with Gasteiger partial charge in [0.25, 0.3) is 0 Å². The Bertz CT molecular complexity index is 541. The number of aliphatic hydroxyl groups is 4. The van der Waals surface area contributed by atoms with Crippen LogP contribution in [0.25, 0.3) is 0 Å². The van der Waals surface area contributed by atoms with E-state index in [0.717, 1.165) is 25.7 Å². The van der Waals surface area contributed by atoms with E-state index in [2.05, 4.69) is 13.0 Å². The lowest BCUT2D eigenvalue weighted by Crippen LogP contribution is -2.57. The predicted octanol–water partition coefficient (Wildman–Crippen LogP) is 1.96. The minimum atomic E-state index is -1.55. The van der Waals surface area contributed by atoms with E-state index in [-0.39, 0.29) is 5.41 Å². The van der Waals surface area contributed by atoms with Crippen molar-refractivity contribution in [1.29, 1.82) is 0 Å². The molecule has 4 N–H and O–H groups in total. The van der Waals surface area contributed by atoms with Gasteiger partial charge in [0.15, 0.2) is 5.79 Å². The lowest BCUT2D eigenvalue weighted by Gasteiger charge is -2.59. The van der Waals surface area contributed by atoms with Crippen molar-refractivity contribution in [1.82, 2.24) is 0 Å². The molecule has 0 aromatic heterocycles. The number of allylic oxidation sites excluding steroid dienone is 1. The van der Waals surface area contributed by atoms with E-state index in [9.17, 15) is 20.4 Å². The lowest BCUT2D eigenvalue weighted by molar-refractivity contribution is -0.248. The van der Waals surface area contributed by atoms with Gasteiger partial charge in [0, 0.05) is 23.7 Å². The van der Waals surface area contributed by atoms with E-state index in [1.165, 1.54) is 5.57 Å². The highest BCUT2D eigenvalue weighted by Crippen LogP contribution is 2.66. The number of hydrogen-bond acceptors (Lipinski definition) is 4. The van der Waals surface area contributed by atoms with Crippen LogP contribution in [0.4, 0.5) is 0 Å². The molecule has 7 atom stereocenters. The van der Waals surface area contributed by atoms with E-state index in [1.54, 1.807) is 0 Å². The Morgan fingerprint density at radius 3 is 2.48 bits per heavy atom. The molecule has 0 aromatic rings. The maximum atomic E-state index is 10.8. The Morgan fingerprint density at radius 1 is 1.04 bits per heavy atom. The van der Waals surface area contributed by atoms with Crippen LogP contribution >= 0.6 is 0 Å². The lowest BCUT2D eigenvalue weighted by atomic mass is 9.47. The molecule has 23 heavy (non-hydrogen) atoms. The third kappa shape index (κ3) is 1.92. The van der Waals surface area contributed by atoms with Gasteiger partial charge in [0.1, 0.15) is 0 Å². The molecule has 0 unspecified atom stereocenters. The normalized spacial score (nSPS) is 54.7. The number of aliphatic hydroxyl groups excluding tert-OH is 2. The molecule has 0 aromatic carbocycles. The van der Waals surface area contributed by atoms with Gasteiger partial charge in [-0.1, -0.05) is 25.5 Å². The van der Waals surface area contributed by atoms with Crippen LogP contribution in [0.5, 0.6) is 0 Å². The molecule has 3 saturated carbocycles. The minimum absolute atomic E-state index is 0.250. The molecule has 0 saturated heterocycles. The van der Waals surface area contributed by atoms with Crippen molar-refractivity contribution in [2.75, 3.05) is 0 Å². The average Bonchev–Trinajstić information content (AvgIpc) is 2.71. The molecule has 0 bridgehead atoms. The molecule has 0 aliphatic heterocycles. The first-order valence-electron chi connectivity index (χ1n) is 9.20. The summed E-state index contributed by atoms with van der Waals surface area (Å²) in [5.74, 6) is -0.440. The smallest absolute Gasteiger partial charge is 0.168 e. The molecule has 0 amide bonds. The highest BCUT2D eigenvalue weighted by atomic mass is 16.5. The standard InChI is InChI=1S/C19H30O4/c1-17-7-5-15-13(14(17)6-8-19(17,22)23)4-3-11-9-12(20)10-16(21)18(11,15)2/h3,12-16,20-23H,4-10H2,1-2H3/t12-,13+,14+,15+,16+,17+,18+/m1/s1. The summed E-state index contributed by atoms with van der Waals surface area (Å²) in [5, 5.41) is 41.8. The molecule has 4 nitrogen and oxygen atoms in total. The summed E-state index contributed by atoms with van der Waals surface area (Å²) in [6.07, 6.45) is 6.48. The van der Waals surface area contributed by atoms with Gasteiger partial charge in [0.05, 0.1) is 12.2 Å². The second-order valence-corrected chi connectivity index (χ2v) is 9.05. The van der Waals surface area contributed by atoms with Gasteiger partial charge in [0.2, 0.25) is 0 Å². The molecular formula is C19H30O4. The van der Waals surface area contributed by atoms with Crippen LogP contribution in [0.3, 0.4) is 0 Å². The van der Waals surface area contributed by atoms with Crippen molar-refractivity contribution in [3.05, 3.63) is 11.6 Å². The van der Waals surface area contributed by atoms with Crippen LogP contribution in [0.1, 0.15) is 58.8 Å². The van der Waals surface area contributed by atoms with Gasteiger partial charge < -0.3 is 20.4 Å². The summed E-state index contributed by atoms with van der Waals surface area (Å²) < 4.78 is 0. The van der Waals surface area contributed by atoms with Gasteiger partial charge in [-0.2, -0.15) is 0 Å². The summed E-state index contributed by atoms with van der Waals surface area (Å²) in [4.78, 5) is 0. The van der Waals surface area contributed by atoms with Crippen LogP contribution in [-0.2, 0) is 0 Å².